The Balaban J connectivity index is 1.89. The molecule has 0 aliphatic carbocycles. The van der Waals surface area contributed by atoms with Crippen LogP contribution in [0.5, 0.6) is 0 Å². The van der Waals surface area contributed by atoms with Crippen molar-refractivity contribution < 1.29 is 4.79 Å². The summed E-state index contributed by atoms with van der Waals surface area (Å²) in [4.78, 5) is 24.3. The summed E-state index contributed by atoms with van der Waals surface area (Å²) in [6.45, 7) is 6.24. The first-order valence-corrected chi connectivity index (χ1v) is 11.1. The lowest BCUT2D eigenvalue weighted by Gasteiger charge is -2.18. The molecule has 7 heteroatoms. The molecule has 29 heavy (non-hydrogen) atoms. The molecule has 0 saturated heterocycles. The molecule has 0 aliphatic heterocycles. The number of guanidine groups is 1. The number of aryl methyl sites for hydroxylation is 1. The molecule has 0 bridgehead atoms. The highest BCUT2D eigenvalue weighted by Gasteiger charge is 2.10. The van der Waals surface area contributed by atoms with Crippen molar-refractivity contribution in [3.63, 3.8) is 0 Å². The van der Waals surface area contributed by atoms with Crippen LogP contribution < -0.4 is 10.6 Å². The molecular formula is C22H31N5OS. The lowest BCUT2D eigenvalue weighted by Crippen LogP contribution is -2.44. The summed E-state index contributed by atoms with van der Waals surface area (Å²) in [5, 5.41) is 6.35. The summed E-state index contributed by atoms with van der Waals surface area (Å²) in [5.41, 5.74) is 3.41. The van der Waals surface area contributed by atoms with Crippen LogP contribution >= 0.6 is 11.8 Å². The molecule has 156 valence electrons. The number of rotatable bonds is 9. The SMILES string of the molecule is CCNC(=NCc1ccc(C)cc1SC)NCC(=O)N(C)CCc1ccccn1. The summed E-state index contributed by atoms with van der Waals surface area (Å²) in [7, 11) is 1.81. The number of benzene rings is 1. The third-order valence-electron chi connectivity index (χ3n) is 4.46. The molecule has 1 amide bonds. The highest BCUT2D eigenvalue weighted by atomic mass is 32.2. The van der Waals surface area contributed by atoms with E-state index < -0.39 is 0 Å². The first-order valence-electron chi connectivity index (χ1n) is 9.83. The summed E-state index contributed by atoms with van der Waals surface area (Å²) in [6, 6.07) is 12.2. The Morgan fingerprint density at radius 3 is 2.76 bits per heavy atom. The first kappa shape index (κ1) is 22.7. The molecule has 2 aromatic rings. The number of hydrogen-bond acceptors (Lipinski definition) is 4. The maximum Gasteiger partial charge on any atom is 0.241 e. The van der Waals surface area contributed by atoms with E-state index in [1.807, 2.05) is 32.2 Å². The van der Waals surface area contributed by atoms with Crippen molar-refractivity contribution in [2.24, 2.45) is 4.99 Å². The molecule has 0 atom stereocenters. The molecule has 1 aromatic heterocycles. The van der Waals surface area contributed by atoms with Crippen LogP contribution in [0.1, 0.15) is 23.7 Å². The molecule has 6 nitrogen and oxygen atoms in total. The van der Waals surface area contributed by atoms with E-state index in [2.05, 4.69) is 52.0 Å². The van der Waals surface area contributed by atoms with E-state index in [1.54, 1.807) is 22.9 Å². The minimum atomic E-state index is 0.0201. The number of pyridine rings is 1. The topological polar surface area (TPSA) is 69.6 Å². The van der Waals surface area contributed by atoms with Crippen LogP contribution in [0, 0.1) is 6.92 Å². The van der Waals surface area contributed by atoms with E-state index >= 15 is 0 Å². The van der Waals surface area contributed by atoms with Crippen LogP contribution in [0.4, 0.5) is 0 Å². The minimum absolute atomic E-state index is 0.0201. The fourth-order valence-electron chi connectivity index (χ4n) is 2.74. The molecule has 0 aliphatic rings. The molecule has 2 rings (SSSR count). The second kappa shape index (κ2) is 12.1. The number of hydrogen-bond donors (Lipinski definition) is 2. The highest BCUT2D eigenvalue weighted by molar-refractivity contribution is 7.98. The van der Waals surface area contributed by atoms with Crippen LogP contribution in [-0.4, -0.2) is 54.7 Å². The summed E-state index contributed by atoms with van der Waals surface area (Å²) < 4.78 is 0. The van der Waals surface area contributed by atoms with Gasteiger partial charge in [0, 0.05) is 43.3 Å². The average molecular weight is 414 g/mol. The zero-order valence-electron chi connectivity index (χ0n) is 17.7. The Hall–Kier alpha value is -2.54. The predicted molar refractivity (Wildman–Crippen MR) is 121 cm³/mol. The van der Waals surface area contributed by atoms with Crippen molar-refractivity contribution in [2.75, 3.05) is 32.9 Å². The van der Waals surface area contributed by atoms with Gasteiger partial charge in [-0.05, 0) is 49.4 Å². The molecule has 2 N–H and O–H groups in total. The van der Waals surface area contributed by atoms with Crippen molar-refractivity contribution in [3.8, 4) is 0 Å². The number of likely N-dealkylation sites (N-methyl/N-ethyl adjacent to an activating group) is 1. The number of thioether (sulfide) groups is 1. The maximum atomic E-state index is 12.4. The van der Waals surface area contributed by atoms with Gasteiger partial charge in [-0.25, -0.2) is 4.99 Å². The number of carbonyl (C=O) groups is 1. The van der Waals surface area contributed by atoms with Gasteiger partial charge >= 0.3 is 0 Å². The number of carbonyl (C=O) groups excluding carboxylic acids is 1. The van der Waals surface area contributed by atoms with Gasteiger partial charge in [0.25, 0.3) is 0 Å². The normalized spacial score (nSPS) is 11.2. The third-order valence-corrected chi connectivity index (χ3v) is 5.28. The number of aliphatic imine (C=N–C) groups is 1. The monoisotopic (exact) mass is 413 g/mol. The van der Waals surface area contributed by atoms with E-state index in [9.17, 15) is 4.79 Å². The van der Waals surface area contributed by atoms with Crippen LogP contribution in [-0.2, 0) is 17.8 Å². The Bertz CT molecular complexity index is 810. The van der Waals surface area contributed by atoms with Crippen molar-refractivity contribution in [1.82, 2.24) is 20.5 Å². The molecule has 0 spiro atoms. The van der Waals surface area contributed by atoms with Crippen molar-refractivity contribution in [3.05, 3.63) is 59.4 Å². The van der Waals surface area contributed by atoms with Gasteiger partial charge in [-0.2, -0.15) is 0 Å². The largest absolute Gasteiger partial charge is 0.357 e. The highest BCUT2D eigenvalue weighted by Crippen LogP contribution is 2.22. The smallest absolute Gasteiger partial charge is 0.241 e. The minimum Gasteiger partial charge on any atom is -0.357 e. The predicted octanol–water partition coefficient (Wildman–Crippen LogP) is 2.87. The quantitative estimate of drug-likeness (QED) is 0.376. The molecular weight excluding hydrogens is 382 g/mol. The average Bonchev–Trinajstić information content (AvgIpc) is 2.74. The van der Waals surface area contributed by atoms with E-state index in [4.69, 9.17) is 0 Å². The van der Waals surface area contributed by atoms with Gasteiger partial charge in [0.15, 0.2) is 5.96 Å². The van der Waals surface area contributed by atoms with Crippen molar-refractivity contribution in [1.29, 1.82) is 0 Å². The Morgan fingerprint density at radius 1 is 1.24 bits per heavy atom. The van der Waals surface area contributed by atoms with E-state index in [0.717, 1.165) is 18.7 Å². The number of aromatic nitrogens is 1. The van der Waals surface area contributed by atoms with Crippen LogP contribution in [0.3, 0.4) is 0 Å². The summed E-state index contributed by atoms with van der Waals surface area (Å²) in [5.74, 6) is 0.665. The molecule has 1 heterocycles. The summed E-state index contributed by atoms with van der Waals surface area (Å²) >= 11 is 1.72. The van der Waals surface area contributed by atoms with E-state index in [1.165, 1.54) is 16.0 Å². The van der Waals surface area contributed by atoms with Gasteiger partial charge < -0.3 is 15.5 Å². The number of nitrogens with zero attached hydrogens (tertiary/aromatic N) is 3. The van der Waals surface area contributed by atoms with Crippen molar-refractivity contribution in [2.45, 2.75) is 31.7 Å². The fourth-order valence-corrected chi connectivity index (χ4v) is 3.43. The van der Waals surface area contributed by atoms with Gasteiger partial charge in [0.05, 0.1) is 13.1 Å². The molecule has 0 radical (unpaired) electrons. The lowest BCUT2D eigenvalue weighted by molar-refractivity contribution is -0.128. The summed E-state index contributed by atoms with van der Waals surface area (Å²) in [6.07, 6.45) is 4.58. The van der Waals surface area contributed by atoms with Crippen molar-refractivity contribution >= 4 is 23.6 Å². The standard InChI is InChI=1S/C22H31N5OS/c1-5-23-22(25-15-18-10-9-17(2)14-20(18)29-4)26-16-21(28)27(3)13-11-19-8-6-7-12-24-19/h6-10,12,14H,5,11,13,15-16H2,1-4H3,(H2,23,25,26). The third kappa shape index (κ3) is 7.77. The molecule has 0 saturated carbocycles. The molecule has 0 unspecified atom stereocenters. The zero-order chi connectivity index (χ0) is 21.1. The molecule has 0 fully saturated rings. The zero-order valence-corrected chi connectivity index (χ0v) is 18.6. The fraction of sp³-hybridized carbons (Fsp3) is 0.409. The number of nitrogens with one attached hydrogen (secondary N) is 2. The van der Waals surface area contributed by atoms with Crippen LogP contribution in [0.25, 0.3) is 0 Å². The van der Waals surface area contributed by atoms with Gasteiger partial charge in [-0.1, -0.05) is 18.2 Å². The van der Waals surface area contributed by atoms with Crippen LogP contribution in [0.2, 0.25) is 0 Å². The first-order chi connectivity index (χ1) is 14.0. The second-order valence-electron chi connectivity index (χ2n) is 6.75. The Labute approximate surface area is 178 Å². The number of amides is 1. The Morgan fingerprint density at radius 2 is 2.07 bits per heavy atom. The second-order valence-corrected chi connectivity index (χ2v) is 7.60. The van der Waals surface area contributed by atoms with Gasteiger partial charge in [-0.15, -0.1) is 11.8 Å². The van der Waals surface area contributed by atoms with Crippen LogP contribution in [0.15, 0.2) is 52.5 Å². The van der Waals surface area contributed by atoms with Gasteiger partial charge in [0.2, 0.25) is 5.91 Å². The van der Waals surface area contributed by atoms with E-state index in [0.29, 0.717) is 19.0 Å². The van der Waals surface area contributed by atoms with E-state index in [-0.39, 0.29) is 12.5 Å². The van der Waals surface area contributed by atoms with Gasteiger partial charge in [-0.3, -0.25) is 9.78 Å². The maximum absolute atomic E-state index is 12.4. The molecule has 1 aromatic carbocycles. The lowest BCUT2D eigenvalue weighted by atomic mass is 10.1. The van der Waals surface area contributed by atoms with Gasteiger partial charge in [0.1, 0.15) is 0 Å². The Kier molecular flexibility index (Phi) is 9.50.